The third-order valence-electron chi connectivity index (χ3n) is 4.08. The van der Waals surface area contributed by atoms with Crippen LogP contribution in [-0.2, 0) is 16.6 Å². The molecule has 0 aliphatic carbocycles. The lowest BCUT2D eigenvalue weighted by Crippen LogP contribution is -2.45. The molecule has 0 aromatic carbocycles. The van der Waals surface area contributed by atoms with Crippen molar-refractivity contribution < 1.29 is 9.59 Å². The minimum absolute atomic E-state index is 0.0190. The molecule has 116 valence electrons. The molecular formula is C14H23N5O2. The summed E-state index contributed by atoms with van der Waals surface area (Å²) in [5.74, 6) is 0.334. The van der Waals surface area contributed by atoms with E-state index >= 15 is 0 Å². The van der Waals surface area contributed by atoms with Gasteiger partial charge >= 0.3 is 0 Å². The van der Waals surface area contributed by atoms with Crippen LogP contribution in [0.3, 0.4) is 0 Å². The molecule has 1 aliphatic rings. The highest BCUT2D eigenvalue weighted by Gasteiger charge is 2.30. The number of rotatable bonds is 4. The summed E-state index contributed by atoms with van der Waals surface area (Å²) in [6, 6.07) is 0. The van der Waals surface area contributed by atoms with Gasteiger partial charge in [-0.2, -0.15) is 10.1 Å². The first-order valence-electron chi connectivity index (χ1n) is 7.46. The Morgan fingerprint density at radius 3 is 2.90 bits per heavy atom. The summed E-state index contributed by atoms with van der Waals surface area (Å²) in [5, 5.41) is 6.69. The molecule has 0 bridgehead atoms. The number of anilines is 1. The van der Waals surface area contributed by atoms with Crippen LogP contribution in [0, 0.1) is 11.8 Å². The maximum Gasteiger partial charge on any atom is 0.231 e. The van der Waals surface area contributed by atoms with Crippen molar-refractivity contribution in [3.63, 3.8) is 0 Å². The molecular weight excluding hydrogens is 270 g/mol. The summed E-state index contributed by atoms with van der Waals surface area (Å²) in [6.07, 6.45) is 3.88. The van der Waals surface area contributed by atoms with E-state index in [1.807, 2.05) is 18.7 Å². The zero-order chi connectivity index (χ0) is 15.4. The summed E-state index contributed by atoms with van der Waals surface area (Å²) in [5.41, 5.74) is 0. The van der Waals surface area contributed by atoms with E-state index in [4.69, 9.17) is 0 Å². The van der Waals surface area contributed by atoms with Crippen LogP contribution in [0.4, 0.5) is 5.95 Å². The van der Waals surface area contributed by atoms with E-state index in [2.05, 4.69) is 15.4 Å². The second kappa shape index (κ2) is 6.69. The number of likely N-dealkylation sites (tertiary alicyclic amines) is 1. The van der Waals surface area contributed by atoms with E-state index in [9.17, 15) is 9.59 Å². The second-order valence-electron chi connectivity index (χ2n) is 5.63. The predicted octanol–water partition coefficient (Wildman–Crippen LogP) is 1.04. The molecule has 7 nitrogen and oxygen atoms in total. The molecule has 2 rings (SSSR count). The number of carbonyl (C=O) groups excluding carboxylic acids is 2. The third-order valence-corrected chi connectivity index (χ3v) is 4.08. The number of hydrogen-bond acceptors (Lipinski definition) is 4. The second-order valence-corrected chi connectivity index (χ2v) is 5.63. The van der Waals surface area contributed by atoms with Crippen molar-refractivity contribution in [3.8, 4) is 0 Å². The first-order chi connectivity index (χ1) is 10.0. The predicted molar refractivity (Wildman–Crippen MR) is 78.4 cm³/mol. The van der Waals surface area contributed by atoms with Crippen molar-refractivity contribution >= 4 is 17.8 Å². The van der Waals surface area contributed by atoms with Crippen LogP contribution >= 0.6 is 0 Å². The lowest BCUT2D eigenvalue weighted by molar-refractivity contribution is -0.138. The van der Waals surface area contributed by atoms with Crippen molar-refractivity contribution in [2.45, 2.75) is 33.1 Å². The van der Waals surface area contributed by atoms with E-state index < -0.39 is 0 Å². The summed E-state index contributed by atoms with van der Waals surface area (Å²) < 4.78 is 1.52. The molecule has 1 aliphatic heterocycles. The fourth-order valence-electron chi connectivity index (χ4n) is 2.50. The zero-order valence-corrected chi connectivity index (χ0v) is 12.9. The zero-order valence-electron chi connectivity index (χ0n) is 12.9. The Labute approximate surface area is 124 Å². The highest BCUT2D eigenvalue weighted by Crippen LogP contribution is 2.20. The molecule has 0 spiro atoms. The van der Waals surface area contributed by atoms with Crippen LogP contribution in [0.5, 0.6) is 0 Å². The van der Waals surface area contributed by atoms with Gasteiger partial charge in [-0.3, -0.25) is 14.9 Å². The van der Waals surface area contributed by atoms with Crippen molar-refractivity contribution in [2.75, 3.05) is 18.4 Å². The number of nitrogens with one attached hydrogen (secondary N) is 1. The maximum atomic E-state index is 12.3. The molecule has 7 heteroatoms. The minimum Gasteiger partial charge on any atom is -0.342 e. The van der Waals surface area contributed by atoms with Gasteiger partial charge in [-0.1, -0.05) is 13.8 Å². The van der Waals surface area contributed by atoms with Crippen LogP contribution < -0.4 is 5.32 Å². The standard InChI is InChI=1S/C14H23N5O2/c1-4-10(2)13(21)19-7-5-6-11(8-19)12(20)17-14-15-9-16-18(14)3/h9-11H,4-8H2,1-3H3,(H,15,16,17,20)/t10-,11+/m0/s1. The molecule has 0 saturated carbocycles. The molecule has 1 saturated heterocycles. The first-order valence-corrected chi connectivity index (χ1v) is 7.46. The molecule has 1 aromatic rings. The van der Waals surface area contributed by atoms with Crippen molar-refractivity contribution in [1.29, 1.82) is 0 Å². The lowest BCUT2D eigenvalue weighted by atomic mass is 9.95. The minimum atomic E-state index is -0.177. The molecule has 0 radical (unpaired) electrons. The summed E-state index contributed by atoms with van der Waals surface area (Å²) in [7, 11) is 1.72. The van der Waals surface area contributed by atoms with Gasteiger partial charge in [-0.05, 0) is 19.3 Å². The number of piperidine rings is 1. The van der Waals surface area contributed by atoms with Gasteiger partial charge in [0.15, 0.2) is 0 Å². The van der Waals surface area contributed by atoms with Gasteiger partial charge in [0.05, 0.1) is 5.92 Å². The van der Waals surface area contributed by atoms with E-state index in [1.54, 1.807) is 7.05 Å². The number of amides is 2. The SMILES string of the molecule is CC[C@H](C)C(=O)N1CCC[C@@H](C(=O)Nc2ncnn2C)C1. The Morgan fingerprint density at radius 1 is 1.52 bits per heavy atom. The van der Waals surface area contributed by atoms with E-state index in [-0.39, 0.29) is 23.7 Å². The third kappa shape index (κ3) is 3.59. The van der Waals surface area contributed by atoms with Crippen molar-refractivity contribution in [2.24, 2.45) is 18.9 Å². The van der Waals surface area contributed by atoms with Crippen LogP contribution in [0.25, 0.3) is 0 Å². The highest BCUT2D eigenvalue weighted by molar-refractivity contribution is 5.91. The van der Waals surface area contributed by atoms with Gasteiger partial charge in [0.2, 0.25) is 17.8 Å². The molecule has 2 amide bonds. The van der Waals surface area contributed by atoms with Crippen LogP contribution in [-0.4, -0.2) is 44.6 Å². The average molecular weight is 293 g/mol. The first kappa shape index (κ1) is 15.5. The number of nitrogens with zero attached hydrogens (tertiary/aromatic N) is 4. The van der Waals surface area contributed by atoms with Crippen molar-refractivity contribution in [3.05, 3.63) is 6.33 Å². The maximum absolute atomic E-state index is 12.3. The Hall–Kier alpha value is -1.92. The van der Waals surface area contributed by atoms with E-state index in [0.29, 0.717) is 12.5 Å². The van der Waals surface area contributed by atoms with Crippen LogP contribution in [0.2, 0.25) is 0 Å². The van der Waals surface area contributed by atoms with Gasteiger partial charge in [0.1, 0.15) is 6.33 Å². The van der Waals surface area contributed by atoms with Gasteiger partial charge in [-0.25, -0.2) is 4.68 Å². The Bertz CT molecular complexity index is 513. The van der Waals surface area contributed by atoms with Gasteiger partial charge in [-0.15, -0.1) is 0 Å². The monoisotopic (exact) mass is 293 g/mol. The molecule has 2 atom stereocenters. The van der Waals surface area contributed by atoms with Crippen molar-refractivity contribution in [1.82, 2.24) is 19.7 Å². The largest absolute Gasteiger partial charge is 0.342 e. The fraction of sp³-hybridized carbons (Fsp3) is 0.714. The fourth-order valence-corrected chi connectivity index (χ4v) is 2.50. The van der Waals surface area contributed by atoms with Gasteiger partial charge in [0.25, 0.3) is 0 Å². The summed E-state index contributed by atoms with van der Waals surface area (Å²) in [6.45, 7) is 5.18. The highest BCUT2D eigenvalue weighted by atomic mass is 16.2. The number of hydrogen-bond donors (Lipinski definition) is 1. The topological polar surface area (TPSA) is 80.1 Å². The van der Waals surface area contributed by atoms with Gasteiger partial charge < -0.3 is 4.90 Å². The molecule has 1 fully saturated rings. The Kier molecular flexibility index (Phi) is 4.93. The summed E-state index contributed by atoms with van der Waals surface area (Å²) >= 11 is 0. The van der Waals surface area contributed by atoms with Gasteiger partial charge in [0, 0.05) is 26.1 Å². The normalized spacial score (nSPS) is 20.1. The number of aromatic nitrogens is 3. The average Bonchev–Trinajstić information content (AvgIpc) is 2.91. The van der Waals surface area contributed by atoms with Crippen LogP contribution in [0.15, 0.2) is 6.33 Å². The quantitative estimate of drug-likeness (QED) is 0.899. The van der Waals surface area contributed by atoms with E-state index in [1.165, 1.54) is 11.0 Å². The number of carbonyl (C=O) groups is 2. The molecule has 0 unspecified atom stereocenters. The molecule has 21 heavy (non-hydrogen) atoms. The van der Waals surface area contributed by atoms with Crippen LogP contribution in [0.1, 0.15) is 33.1 Å². The number of aryl methyl sites for hydroxylation is 1. The molecule has 2 heterocycles. The Balaban J connectivity index is 1.96. The van der Waals surface area contributed by atoms with E-state index in [0.717, 1.165) is 25.8 Å². The Morgan fingerprint density at radius 2 is 2.29 bits per heavy atom. The smallest absolute Gasteiger partial charge is 0.231 e. The molecule has 1 aromatic heterocycles. The lowest BCUT2D eigenvalue weighted by Gasteiger charge is -2.33. The summed E-state index contributed by atoms with van der Waals surface area (Å²) in [4.78, 5) is 30.3. The molecule has 1 N–H and O–H groups in total.